The number of benzene rings is 1. The van der Waals surface area contributed by atoms with Crippen molar-refractivity contribution in [1.29, 1.82) is 0 Å². The summed E-state index contributed by atoms with van der Waals surface area (Å²) in [6.45, 7) is 5.51. The van der Waals surface area contributed by atoms with E-state index in [-0.39, 0.29) is 5.82 Å². The molecule has 0 spiro atoms. The first-order chi connectivity index (χ1) is 10.2. The monoisotopic (exact) mass is 293 g/mol. The SMILES string of the molecule is CCCNC(c1ccc(F)c(OC)c1)C1CCC(C)CC1. The van der Waals surface area contributed by atoms with Crippen LogP contribution in [0.2, 0.25) is 0 Å². The van der Waals surface area contributed by atoms with Crippen LogP contribution in [0.5, 0.6) is 5.75 Å². The second-order valence-electron chi connectivity index (χ2n) is 6.35. The van der Waals surface area contributed by atoms with Crippen LogP contribution in [0.15, 0.2) is 18.2 Å². The van der Waals surface area contributed by atoms with Crippen molar-refractivity contribution in [3.05, 3.63) is 29.6 Å². The molecule has 0 bridgehead atoms. The minimum absolute atomic E-state index is 0.284. The van der Waals surface area contributed by atoms with Gasteiger partial charge in [0.2, 0.25) is 0 Å². The molecule has 0 aromatic heterocycles. The van der Waals surface area contributed by atoms with Crippen LogP contribution < -0.4 is 10.1 Å². The van der Waals surface area contributed by atoms with Crippen LogP contribution in [-0.2, 0) is 0 Å². The zero-order chi connectivity index (χ0) is 15.2. The molecule has 1 aliphatic rings. The molecule has 0 heterocycles. The Bertz CT molecular complexity index is 441. The first-order valence-electron chi connectivity index (χ1n) is 8.22. The fourth-order valence-electron chi connectivity index (χ4n) is 3.35. The average molecular weight is 293 g/mol. The lowest BCUT2D eigenvalue weighted by molar-refractivity contribution is 0.231. The second kappa shape index (κ2) is 7.79. The lowest BCUT2D eigenvalue weighted by Crippen LogP contribution is -2.31. The van der Waals surface area contributed by atoms with Gasteiger partial charge in [-0.1, -0.05) is 32.8 Å². The molecule has 1 atom stereocenters. The first kappa shape index (κ1) is 16.3. The molecular formula is C18H28FNO. The molecule has 1 aromatic carbocycles. The summed E-state index contributed by atoms with van der Waals surface area (Å²) in [5, 5.41) is 3.66. The summed E-state index contributed by atoms with van der Waals surface area (Å²) >= 11 is 0. The van der Waals surface area contributed by atoms with E-state index >= 15 is 0 Å². The maximum atomic E-state index is 13.6. The van der Waals surface area contributed by atoms with Gasteiger partial charge < -0.3 is 10.1 Å². The Morgan fingerprint density at radius 2 is 2.00 bits per heavy atom. The van der Waals surface area contributed by atoms with Gasteiger partial charge in [-0.15, -0.1) is 0 Å². The average Bonchev–Trinajstić information content (AvgIpc) is 2.50. The third-order valence-electron chi connectivity index (χ3n) is 4.68. The normalized spacial score (nSPS) is 23.8. The van der Waals surface area contributed by atoms with Crippen LogP contribution in [-0.4, -0.2) is 13.7 Å². The smallest absolute Gasteiger partial charge is 0.165 e. The maximum absolute atomic E-state index is 13.6. The van der Waals surface area contributed by atoms with Crippen molar-refractivity contribution in [3.8, 4) is 5.75 Å². The molecule has 1 fully saturated rings. The Hall–Kier alpha value is -1.09. The van der Waals surface area contributed by atoms with Gasteiger partial charge in [0.1, 0.15) is 0 Å². The molecule has 1 N–H and O–H groups in total. The Balaban J connectivity index is 2.18. The highest BCUT2D eigenvalue weighted by Crippen LogP contribution is 2.37. The molecule has 2 rings (SSSR count). The number of ether oxygens (including phenoxy) is 1. The molecule has 118 valence electrons. The number of nitrogens with one attached hydrogen (secondary N) is 1. The fraction of sp³-hybridized carbons (Fsp3) is 0.667. The predicted molar refractivity (Wildman–Crippen MR) is 85.1 cm³/mol. The van der Waals surface area contributed by atoms with Crippen molar-refractivity contribution in [2.45, 2.75) is 52.0 Å². The Kier molecular flexibility index (Phi) is 6.04. The van der Waals surface area contributed by atoms with Gasteiger partial charge in [-0.25, -0.2) is 4.39 Å². The van der Waals surface area contributed by atoms with Gasteiger partial charge in [0.05, 0.1) is 7.11 Å². The van der Waals surface area contributed by atoms with Gasteiger partial charge in [-0.2, -0.15) is 0 Å². The molecule has 1 aromatic rings. The summed E-state index contributed by atoms with van der Waals surface area (Å²) in [4.78, 5) is 0. The molecule has 0 saturated heterocycles. The van der Waals surface area contributed by atoms with Crippen molar-refractivity contribution >= 4 is 0 Å². The molecular weight excluding hydrogens is 265 g/mol. The largest absolute Gasteiger partial charge is 0.494 e. The second-order valence-corrected chi connectivity index (χ2v) is 6.35. The van der Waals surface area contributed by atoms with E-state index < -0.39 is 0 Å². The van der Waals surface area contributed by atoms with Crippen LogP contribution >= 0.6 is 0 Å². The highest BCUT2D eigenvalue weighted by molar-refractivity contribution is 5.32. The molecule has 21 heavy (non-hydrogen) atoms. The Morgan fingerprint density at radius 3 is 2.62 bits per heavy atom. The number of rotatable bonds is 6. The molecule has 1 aliphatic carbocycles. The quantitative estimate of drug-likeness (QED) is 0.820. The first-order valence-corrected chi connectivity index (χ1v) is 8.22. The summed E-state index contributed by atoms with van der Waals surface area (Å²) in [5.41, 5.74) is 1.15. The highest BCUT2D eigenvalue weighted by atomic mass is 19.1. The third-order valence-corrected chi connectivity index (χ3v) is 4.68. The highest BCUT2D eigenvalue weighted by Gasteiger charge is 2.27. The number of hydrogen-bond acceptors (Lipinski definition) is 2. The zero-order valence-electron chi connectivity index (χ0n) is 13.5. The summed E-state index contributed by atoms with van der Waals surface area (Å²) < 4.78 is 18.8. The predicted octanol–water partition coefficient (Wildman–Crippen LogP) is 4.70. The minimum Gasteiger partial charge on any atom is -0.494 e. The maximum Gasteiger partial charge on any atom is 0.165 e. The number of hydrogen-bond donors (Lipinski definition) is 1. The minimum atomic E-state index is -0.284. The van der Waals surface area contributed by atoms with Crippen molar-refractivity contribution in [2.75, 3.05) is 13.7 Å². The molecule has 0 aliphatic heterocycles. The van der Waals surface area contributed by atoms with E-state index in [2.05, 4.69) is 19.2 Å². The van der Waals surface area contributed by atoms with E-state index in [1.807, 2.05) is 12.1 Å². The topological polar surface area (TPSA) is 21.3 Å². The van der Waals surface area contributed by atoms with Crippen molar-refractivity contribution in [3.63, 3.8) is 0 Å². The summed E-state index contributed by atoms with van der Waals surface area (Å²) in [5.74, 6) is 1.55. The van der Waals surface area contributed by atoms with E-state index in [0.717, 1.165) is 24.4 Å². The van der Waals surface area contributed by atoms with E-state index in [0.29, 0.717) is 17.7 Å². The van der Waals surface area contributed by atoms with Gasteiger partial charge in [0, 0.05) is 6.04 Å². The molecule has 2 nitrogen and oxygen atoms in total. The third kappa shape index (κ3) is 4.19. The lowest BCUT2D eigenvalue weighted by Gasteiger charge is -2.34. The molecule has 3 heteroatoms. The molecule has 1 unspecified atom stereocenters. The van der Waals surface area contributed by atoms with E-state index in [1.54, 1.807) is 0 Å². The van der Waals surface area contributed by atoms with E-state index in [4.69, 9.17) is 4.74 Å². The molecule has 1 saturated carbocycles. The lowest BCUT2D eigenvalue weighted by atomic mass is 9.77. The summed E-state index contributed by atoms with van der Waals surface area (Å²) in [6.07, 6.45) is 6.21. The number of methoxy groups -OCH3 is 1. The fourth-order valence-corrected chi connectivity index (χ4v) is 3.35. The Morgan fingerprint density at radius 1 is 1.29 bits per heavy atom. The zero-order valence-corrected chi connectivity index (χ0v) is 13.5. The van der Waals surface area contributed by atoms with Crippen LogP contribution in [0.1, 0.15) is 57.6 Å². The number of halogens is 1. The van der Waals surface area contributed by atoms with Crippen molar-refractivity contribution in [2.24, 2.45) is 11.8 Å². The van der Waals surface area contributed by atoms with Crippen LogP contribution in [0, 0.1) is 17.7 Å². The van der Waals surface area contributed by atoms with Crippen molar-refractivity contribution < 1.29 is 9.13 Å². The van der Waals surface area contributed by atoms with E-state index in [9.17, 15) is 4.39 Å². The van der Waals surface area contributed by atoms with E-state index in [1.165, 1.54) is 38.9 Å². The van der Waals surface area contributed by atoms with Crippen molar-refractivity contribution in [1.82, 2.24) is 5.32 Å². The van der Waals surface area contributed by atoms with Gasteiger partial charge >= 0.3 is 0 Å². The van der Waals surface area contributed by atoms with Crippen LogP contribution in [0.4, 0.5) is 4.39 Å². The van der Waals surface area contributed by atoms with Crippen LogP contribution in [0.3, 0.4) is 0 Å². The van der Waals surface area contributed by atoms with Gasteiger partial charge in [0.25, 0.3) is 0 Å². The van der Waals surface area contributed by atoms with Crippen LogP contribution in [0.25, 0.3) is 0 Å². The van der Waals surface area contributed by atoms with Gasteiger partial charge in [-0.05, 0) is 55.3 Å². The van der Waals surface area contributed by atoms with Gasteiger partial charge in [0.15, 0.2) is 11.6 Å². The Labute approximate surface area is 128 Å². The molecule has 0 amide bonds. The summed E-state index contributed by atoms with van der Waals surface area (Å²) in [6, 6.07) is 5.61. The summed E-state index contributed by atoms with van der Waals surface area (Å²) in [7, 11) is 1.53. The standard InChI is InChI=1S/C18H28FNO/c1-4-11-20-18(14-7-5-13(2)6-8-14)15-9-10-16(19)17(12-15)21-3/h9-10,12-14,18,20H,4-8,11H2,1-3H3. The van der Waals surface area contributed by atoms with Gasteiger partial charge in [-0.3, -0.25) is 0 Å². The molecule has 0 radical (unpaired) electrons.